The standard InChI is InChI=1S/C12H14N4O3/c1-16-7-14-9-8(16)2-4-13-10(9)15-12(11(17)18)3-5-19-6-12/h2,4,7H,3,5-6H2,1H3,(H,13,15)(H,17,18). The number of aliphatic carboxylic acids is 1. The molecule has 1 saturated heterocycles. The van der Waals surface area contributed by atoms with Crippen LogP contribution >= 0.6 is 0 Å². The van der Waals surface area contributed by atoms with Gasteiger partial charge >= 0.3 is 5.97 Å². The number of imidazole rings is 1. The molecule has 0 saturated carbocycles. The molecule has 1 unspecified atom stereocenters. The third-order valence-electron chi connectivity index (χ3n) is 3.43. The fourth-order valence-corrected chi connectivity index (χ4v) is 2.27. The first-order chi connectivity index (χ1) is 9.12. The molecule has 3 rings (SSSR count). The lowest BCUT2D eigenvalue weighted by Gasteiger charge is -2.24. The van der Waals surface area contributed by atoms with Crippen LogP contribution in [0.2, 0.25) is 0 Å². The van der Waals surface area contributed by atoms with Crippen LogP contribution in [0.4, 0.5) is 5.82 Å². The normalized spacial score (nSPS) is 22.8. The molecular weight excluding hydrogens is 248 g/mol. The van der Waals surface area contributed by atoms with Gasteiger partial charge in [0.05, 0.1) is 18.5 Å². The van der Waals surface area contributed by atoms with E-state index in [4.69, 9.17) is 4.74 Å². The Bertz CT molecular complexity index is 631. The van der Waals surface area contributed by atoms with Crippen molar-refractivity contribution >= 4 is 22.8 Å². The Hall–Kier alpha value is -2.15. The van der Waals surface area contributed by atoms with Crippen LogP contribution in [0.15, 0.2) is 18.6 Å². The zero-order chi connectivity index (χ0) is 13.5. The number of nitrogens with one attached hydrogen (secondary N) is 1. The number of pyridine rings is 1. The van der Waals surface area contributed by atoms with E-state index in [0.717, 1.165) is 5.52 Å². The lowest BCUT2D eigenvalue weighted by atomic mass is 9.99. The van der Waals surface area contributed by atoms with Crippen LogP contribution in [0.1, 0.15) is 6.42 Å². The van der Waals surface area contributed by atoms with Gasteiger partial charge < -0.3 is 19.7 Å². The van der Waals surface area contributed by atoms with Crippen molar-refractivity contribution < 1.29 is 14.6 Å². The number of aryl methyl sites for hydroxylation is 1. The number of hydrogen-bond acceptors (Lipinski definition) is 5. The summed E-state index contributed by atoms with van der Waals surface area (Å²) >= 11 is 0. The van der Waals surface area contributed by atoms with E-state index >= 15 is 0 Å². The van der Waals surface area contributed by atoms with Crippen molar-refractivity contribution in [2.45, 2.75) is 12.0 Å². The minimum atomic E-state index is -1.11. The molecule has 1 aliphatic rings. The molecule has 3 heterocycles. The van der Waals surface area contributed by atoms with Crippen LogP contribution in [0.25, 0.3) is 11.0 Å². The third kappa shape index (κ3) is 1.82. The molecule has 0 bridgehead atoms. The number of rotatable bonds is 3. The number of carboxylic acid groups (broad SMARTS) is 1. The summed E-state index contributed by atoms with van der Waals surface area (Å²) in [5.74, 6) is -0.453. The number of ether oxygens (including phenoxy) is 1. The molecule has 100 valence electrons. The highest BCUT2D eigenvalue weighted by molar-refractivity contribution is 5.90. The van der Waals surface area contributed by atoms with Crippen LogP contribution in [-0.2, 0) is 16.6 Å². The summed E-state index contributed by atoms with van der Waals surface area (Å²) in [5, 5.41) is 12.4. The first kappa shape index (κ1) is 11.9. The molecule has 0 aliphatic carbocycles. The van der Waals surface area contributed by atoms with Gasteiger partial charge in [0.2, 0.25) is 0 Å². The predicted octanol–water partition coefficient (Wildman–Crippen LogP) is 0.624. The van der Waals surface area contributed by atoms with E-state index in [1.807, 2.05) is 17.7 Å². The molecule has 0 radical (unpaired) electrons. The Morgan fingerprint density at radius 1 is 1.58 bits per heavy atom. The number of carboxylic acids is 1. The van der Waals surface area contributed by atoms with Gasteiger partial charge in [-0.25, -0.2) is 14.8 Å². The van der Waals surface area contributed by atoms with Gasteiger partial charge in [0.25, 0.3) is 0 Å². The van der Waals surface area contributed by atoms with Crippen LogP contribution in [0.5, 0.6) is 0 Å². The van der Waals surface area contributed by atoms with Crippen molar-refractivity contribution in [3.05, 3.63) is 18.6 Å². The van der Waals surface area contributed by atoms with E-state index in [9.17, 15) is 9.90 Å². The minimum Gasteiger partial charge on any atom is -0.479 e. The van der Waals surface area contributed by atoms with Crippen molar-refractivity contribution in [1.82, 2.24) is 14.5 Å². The van der Waals surface area contributed by atoms with Crippen LogP contribution in [0.3, 0.4) is 0 Å². The van der Waals surface area contributed by atoms with Gasteiger partial charge in [0.15, 0.2) is 11.4 Å². The van der Waals surface area contributed by atoms with Crippen molar-refractivity contribution in [2.75, 3.05) is 18.5 Å². The lowest BCUT2D eigenvalue weighted by molar-refractivity contribution is -0.142. The van der Waals surface area contributed by atoms with Gasteiger partial charge in [-0.15, -0.1) is 0 Å². The van der Waals surface area contributed by atoms with Crippen LogP contribution < -0.4 is 5.32 Å². The van der Waals surface area contributed by atoms with E-state index in [0.29, 0.717) is 24.4 Å². The quantitative estimate of drug-likeness (QED) is 0.843. The first-order valence-corrected chi connectivity index (χ1v) is 5.98. The fourth-order valence-electron chi connectivity index (χ4n) is 2.27. The molecule has 1 fully saturated rings. The Kier molecular flexibility index (Phi) is 2.63. The average Bonchev–Trinajstić information content (AvgIpc) is 2.99. The molecule has 2 aromatic rings. The molecule has 2 N–H and O–H groups in total. The number of hydrogen-bond donors (Lipinski definition) is 2. The predicted molar refractivity (Wildman–Crippen MR) is 67.9 cm³/mol. The summed E-state index contributed by atoms with van der Waals surface area (Å²) in [7, 11) is 1.88. The monoisotopic (exact) mass is 262 g/mol. The van der Waals surface area contributed by atoms with E-state index in [2.05, 4.69) is 15.3 Å². The smallest absolute Gasteiger partial charge is 0.331 e. The molecule has 0 amide bonds. The van der Waals surface area contributed by atoms with Gasteiger partial charge in [0.1, 0.15) is 5.52 Å². The highest BCUT2D eigenvalue weighted by Crippen LogP contribution is 2.27. The zero-order valence-corrected chi connectivity index (χ0v) is 10.5. The minimum absolute atomic E-state index is 0.132. The molecule has 0 spiro atoms. The van der Waals surface area contributed by atoms with Gasteiger partial charge in [-0.05, 0) is 6.07 Å². The average molecular weight is 262 g/mol. The number of carbonyl (C=O) groups is 1. The van der Waals surface area contributed by atoms with E-state index in [-0.39, 0.29) is 6.61 Å². The van der Waals surface area contributed by atoms with E-state index in [1.165, 1.54) is 0 Å². The lowest BCUT2D eigenvalue weighted by Crippen LogP contribution is -2.47. The topological polar surface area (TPSA) is 89.3 Å². The highest BCUT2D eigenvalue weighted by Gasteiger charge is 2.43. The second kappa shape index (κ2) is 4.20. The molecule has 1 aliphatic heterocycles. The van der Waals surface area contributed by atoms with Crippen molar-refractivity contribution in [2.24, 2.45) is 7.05 Å². The Balaban J connectivity index is 2.03. The Morgan fingerprint density at radius 3 is 3.11 bits per heavy atom. The van der Waals surface area contributed by atoms with E-state index < -0.39 is 11.5 Å². The third-order valence-corrected chi connectivity index (χ3v) is 3.43. The molecule has 7 nitrogen and oxygen atoms in total. The fraction of sp³-hybridized carbons (Fsp3) is 0.417. The van der Waals surface area contributed by atoms with Gasteiger partial charge in [-0.3, -0.25) is 0 Å². The number of anilines is 1. The molecule has 2 aromatic heterocycles. The largest absolute Gasteiger partial charge is 0.479 e. The Morgan fingerprint density at radius 2 is 2.42 bits per heavy atom. The van der Waals surface area contributed by atoms with Crippen molar-refractivity contribution in [3.8, 4) is 0 Å². The summed E-state index contributed by atoms with van der Waals surface area (Å²) in [5.41, 5.74) is 0.452. The SMILES string of the molecule is Cn1cnc2c(NC3(C(=O)O)CCOC3)nccc21. The highest BCUT2D eigenvalue weighted by atomic mass is 16.5. The van der Waals surface area contributed by atoms with E-state index in [1.54, 1.807) is 12.5 Å². The van der Waals surface area contributed by atoms with Gasteiger partial charge in [-0.2, -0.15) is 0 Å². The second-order valence-electron chi connectivity index (χ2n) is 4.70. The Labute approximate surface area is 109 Å². The summed E-state index contributed by atoms with van der Waals surface area (Å²) in [4.78, 5) is 19.9. The maximum atomic E-state index is 11.5. The number of fused-ring (bicyclic) bond motifs is 1. The molecule has 19 heavy (non-hydrogen) atoms. The van der Waals surface area contributed by atoms with Crippen molar-refractivity contribution in [1.29, 1.82) is 0 Å². The molecule has 1 atom stereocenters. The van der Waals surface area contributed by atoms with Gasteiger partial charge in [0, 0.05) is 26.3 Å². The molecule has 0 aromatic carbocycles. The zero-order valence-electron chi connectivity index (χ0n) is 10.5. The summed E-state index contributed by atoms with van der Waals surface area (Å²) in [6.07, 6.45) is 3.72. The van der Waals surface area contributed by atoms with Gasteiger partial charge in [-0.1, -0.05) is 0 Å². The number of nitrogens with zero attached hydrogens (tertiary/aromatic N) is 3. The summed E-state index contributed by atoms with van der Waals surface area (Å²) in [6.45, 7) is 0.560. The second-order valence-corrected chi connectivity index (χ2v) is 4.70. The number of aromatic nitrogens is 3. The molecule has 7 heteroatoms. The maximum absolute atomic E-state index is 11.5. The van der Waals surface area contributed by atoms with Crippen LogP contribution in [-0.4, -0.2) is 44.4 Å². The molecular formula is C12H14N4O3. The summed E-state index contributed by atoms with van der Waals surface area (Å²) < 4.78 is 7.08. The van der Waals surface area contributed by atoms with Crippen LogP contribution in [0, 0.1) is 0 Å². The summed E-state index contributed by atoms with van der Waals surface area (Å²) in [6, 6.07) is 1.84. The first-order valence-electron chi connectivity index (χ1n) is 5.98. The van der Waals surface area contributed by atoms with Crippen molar-refractivity contribution in [3.63, 3.8) is 0 Å². The maximum Gasteiger partial charge on any atom is 0.331 e.